The standard InChI is InChI=1S/C13H21N3O7/c1-21-4-5-22-7-13(11(19)10(18)8(6-17)23-13)16-3-2-9(14)15-12(16)20/h2-3,8,10-11,17-19H,4-7H2,1H3,(H2,14,15,20)/t8-,10-,11-,13-/m1/s1. The highest BCUT2D eigenvalue weighted by Gasteiger charge is 2.56. The van der Waals surface area contributed by atoms with E-state index in [9.17, 15) is 20.1 Å². The average Bonchev–Trinajstić information content (AvgIpc) is 2.77. The molecule has 2 rings (SSSR count). The molecule has 0 bridgehead atoms. The maximum absolute atomic E-state index is 12.1. The molecule has 0 spiro atoms. The lowest BCUT2D eigenvalue weighted by Gasteiger charge is -2.33. The molecule has 0 unspecified atom stereocenters. The lowest BCUT2D eigenvalue weighted by molar-refractivity contribution is -0.186. The largest absolute Gasteiger partial charge is 0.394 e. The number of rotatable bonds is 7. The van der Waals surface area contributed by atoms with E-state index in [2.05, 4.69) is 4.98 Å². The van der Waals surface area contributed by atoms with Crippen LogP contribution in [0.3, 0.4) is 0 Å². The third-order valence-electron chi connectivity index (χ3n) is 3.68. The van der Waals surface area contributed by atoms with Crippen LogP contribution in [0, 0.1) is 0 Å². The molecule has 1 fully saturated rings. The summed E-state index contributed by atoms with van der Waals surface area (Å²) in [6.45, 7) is -0.301. The number of nitrogen functional groups attached to an aromatic ring is 1. The fraction of sp³-hybridized carbons (Fsp3) is 0.692. The van der Waals surface area contributed by atoms with Crippen molar-refractivity contribution in [1.82, 2.24) is 9.55 Å². The molecule has 0 radical (unpaired) electrons. The number of nitrogens with two attached hydrogens (primary N) is 1. The smallest absolute Gasteiger partial charge is 0.352 e. The maximum atomic E-state index is 12.1. The number of hydrogen-bond donors (Lipinski definition) is 4. The first-order chi connectivity index (χ1) is 11.0. The predicted molar refractivity (Wildman–Crippen MR) is 77.6 cm³/mol. The van der Waals surface area contributed by atoms with Gasteiger partial charge in [0.2, 0.25) is 5.72 Å². The molecule has 10 nitrogen and oxygen atoms in total. The van der Waals surface area contributed by atoms with E-state index in [4.69, 9.17) is 19.9 Å². The lowest BCUT2D eigenvalue weighted by Crippen LogP contribution is -2.53. The number of ether oxygens (including phenoxy) is 3. The normalized spacial score (nSPS) is 30.7. The highest BCUT2D eigenvalue weighted by molar-refractivity contribution is 5.24. The molecular formula is C13H21N3O7. The molecule has 4 atom stereocenters. The first-order valence-electron chi connectivity index (χ1n) is 7.03. The summed E-state index contributed by atoms with van der Waals surface area (Å²) in [5, 5.41) is 29.7. The second kappa shape index (κ2) is 7.34. The predicted octanol–water partition coefficient (Wildman–Crippen LogP) is -2.75. The Balaban J connectivity index is 2.37. The summed E-state index contributed by atoms with van der Waals surface area (Å²) < 4.78 is 16.8. The number of anilines is 1. The van der Waals surface area contributed by atoms with Crippen LogP contribution in [0.1, 0.15) is 0 Å². The van der Waals surface area contributed by atoms with Crippen molar-refractivity contribution in [2.24, 2.45) is 0 Å². The molecule has 1 aliphatic heterocycles. The number of hydrogen-bond acceptors (Lipinski definition) is 9. The average molecular weight is 331 g/mol. The summed E-state index contributed by atoms with van der Waals surface area (Å²) in [6.07, 6.45) is -2.68. The Bertz CT molecular complexity index is 581. The molecule has 0 aliphatic carbocycles. The molecule has 130 valence electrons. The van der Waals surface area contributed by atoms with Gasteiger partial charge in [0, 0.05) is 13.3 Å². The van der Waals surface area contributed by atoms with Crippen molar-refractivity contribution in [2.75, 3.05) is 39.3 Å². The third-order valence-corrected chi connectivity index (χ3v) is 3.68. The monoisotopic (exact) mass is 331 g/mol. The van der Waals surface area contributed by atoms with E-state index in [0.29, 0.717) is 6.61 Å². The van der Waals surface area contributed by atoms with Crippen molar-refractivity contribution >= 4 is 5.82 Å². The summed E-state index contributed by atoms with van der Waals surface area (Å²) in [6, 6.07) is 1.35. The van der Waals surface area contributed by atoms with Crippen LogP contribution in [0.15, 0.2) is 17.1 Å². The molecule has 10 heteroatoms. The molecule has 0 amide bonds. The number of aliphatic hydroxyl groups excluding tert-OH is 3. The quantitative estimate of drug-likeness (QED) is 0.390. The third kappa shape index (κ3) is 3.37. The van der Waals surface area contributed by atoms with Gasteiger partial charge in [-0.2, -0.15) is 4.98 Å². The van der Waals surface area contributed by atoms with E-state index in [0.717, 1.165) is 4.57 Å². The minimum atomic E-state index is -1.72. The minimum Gasteiger partial charge on any atom is -0.394 e. The first kappa shape index (κ1) is 17.8. The van der Waals surface area contributed by atoms with Crippen LogP contribution >= 0.6 is 0 Å². The Morgan fingerprint density at radius 3 is 2.78 bits per heavy atom. The van der Waals surface area contributed by atoms with E-state index < -0.39 is 36.3 Å². The van der Waals surface area contributed by atoms with Gasteiger partial charge in [0.05, 0.1) is 26.4 Å². The van der Waals surface area contributed by atoms with Crippen LogP contribution in [0.4, 0.5) is 5.82 Å². The topological polar surface area (TPSA) is 149 Å². The van der Waals surface area contributed by atoms with Crippen molar-refractivity contribution in [1.29, 1.82) is 0 Å². The van der Waals surface area contributed by atoms with Crippen LogP contribution in [-0.4, -0.2) is 76.7 Å². The summed E-state index contributed by atoms with van der Waals surface area (Å²) in [5.74, 6) is 0.00782. The van der Waals surface area contributed by atoms with Crippen LogP contribution in [-0.2, 0) is 19.9 Å². The number of aromatic nitrogens is 2. The molecule has 5 N–H and O–H groups in total. The zero-order chi connectivity index (χ0) is 17.0. The van der Waals surface area contributed by atoms with Crippen molar-refractivity contribution in [3.8, 4) is 0 Å². The van der Waals surface area contributed by atoms with Gasteiger partial charge in [-0.1, -0.05) is 0 Å². The Morgan fingerprint density at radius 2 is 2.22 bits per heavy atom. The molecule has 2 heterocycles. The van der Waals surface area contributed by atoms with Gasteiger partial charge < -0.3 is 35.3 Å². The second-order valence-corrected chi connectivity index (χ2v) is 5.17. The molecule has 1 aromatic rings. The summed E-state index contributed by atoms with van der Waals surface area (Å²) in [4.78, 5) is 15.7. The maximum Gasteiger partial charge on any atom is 0.352 e. The van der Waals surface area contributed by atoms with Crippen LogP contribution in [0.2, 0.25) is 0 Å². The van der Waals surface area contributed by atoms with Gasteiger partial charge in [-0.3, -0.25) is 4.57 Å². The van der Waals surface area contributed by atoms with Gasteiger partial charge in [0.25, 0.3) is 0 Å². The van der Waals surface area contributed by atoms with Gasteiger partial charge in [0.15, 0.2) is 0 Å². The second-order valence-electron chi connectivity index (χ2n) is 5.17. The van der Waals surface area contributed by atoms with Gasteiger partial charge >= 0.3 is 5.69 Å². The van der Waals surface area contributed by atoms with Crippen molar-refractivity contribution in [3.05, 3.63) is 22.7 Å². The molecular weight excluding hydrogens is 310 g/mol. The van der Waals surface area contributed by atoms with Crippen molar-refractivity contribution in [2.45, 2.75) is 24.0 Å². The molecule has 0 saturated carbocycles. The molecule has 1 aromatic heterocycles. The van der Waals surface area contributed by atoms with E-state index in [1.165, 1.54) is 19.4 Å². The number of methoxy groups -OCH3 is 1. The molecule has 0 aromatic carbocycles. The lowest BCUT2D eigenvalue weighted by atomic mass is 10.0. The van der Waals surface area contributed by atoms with Gasteiger partial charge in [0.1, 0.15) is 24.1 Å². The minimum absolute atomic E-state index is 0.00782. The van der Waals surface area contributed by atoms with Crippen LogP contribution in [0.25, 0.3) is 0 Å². The Hall–Kier alpha value is -1.56. The zero-order valence-electron chi connectivity index (χ0n) is 12.7. The van der Waals surface area contributed by atoms with Gasteiger partial charge in [-0.05, 0) is 6.07 Å². The highest BCUT2D eigenvalue weighted by Crippen LogP contribution is 2.35. The SMILES string of the molecule is COCCOC[C@@]1(n2ccc(N)nc2=O)O[C@H](CO)[C@@H](O)[C@H]1O. The van der Waals surface area contributed by atoms with Crippen LogP contribution < -0.4 is 11.4 Å². The van der Waals surface area contributed by atoms with Crippen molar-refractivity contribution < 1.29 is 29.5 Å². The van der Waals surface area contributed by atoms with E-state index >= 15 is 0 Å². The van der Waals surface area contributed by atoms with E-state index in [-0.39, 0.29) is 19.0 Å². The molecule has 1 saturated heterocycles. The molecule has 1 aliphatic rings. The summed E-state index contributed by atoms with van der Waals surface area (Å²) in [5.41, 5.74) is 2.96. The Kier molecular flexibility index (Phi) is 5.68. The first-order valence-corrected chi connectivity index (χ1v) is 7.03. The number of aliphatic hydroxyl groups is 3. The zero-order valence-corrected chi connectivity index (χ0v) is 12.7. The molecule has 23 heavy (non-hydrogen) atoms. The van der Waals surface area contributed by atoms with E-state index in [1.807, 2.05) is 0 Å². The summed E-state index contributed by atoms with van der Waals surface area (Å²) >= 11 is 0. The van der Waals surface area contributed by atoms with Gasteiger partial charge in [-0.25, -0.2) is 4.79 Å². The Morgan fingerprint density at radius 1 is 1.48 bits per heavy atom. The van der Waals surface area contributed by atoms with Crippen molar-refractivity contribution in [3.63, 3.8) is 0 Å². The summed E-state index contributed by atoms with van der Waals surface area (Å²) in [7, 11) is 1.50. The fourth-order valence-electron chi connectivity index (χ4n) is 2.47. The highest BCUT2D eigenvalue weighted by atomic mass is 16.6. The van der Waals surface area contributed by atoms with Crippen LogP contribution in [0.5, 0.6) is 0 Å². The number of nitrogens with zero attached hydrogens (tertiary/aromatic N) is 2. The van der Waals surface area contributed by atoms with Gasteiger partial charge in [-0.15, -0.1) is 0 Å². The fourth-order valence-corrected chi connectivity index (χ4v) is 2.47. The Labute approximate surface area is 132 Å². The van der Waals surface area contributed by atoms with E-state index in [1.54, 1.807) is 0 Å².